The Morgan fingerprint density at radius 3 is 2.89 bits per heavy atom. The molecule has 1 heterocycles. The van der Waals surface area contributed by atoms with Crippen molar-refractivity contribution in [1.29, 1.82) is 0 Å². The molecule has 1 aliphatic rings. The van der Waals surface area contributed by atoms with Crippen molar-refractivity contribution in [2.24, 2.45) is 0 Å². The van der Waals surface area contributed by atoms with Gasteiger partial charge < -0.3 is 15.2 Å². The van der Waals surface area contributed by atoms with Crippen LogP contribution in [0.4, 0.5) is 0 Å². The van der Waals surface area contributed by atoms with Crippen LogP contribution in [-0.4, -0.2) is 37.5 Å². The maximum atomic E-state index is 8.66. The van der Waals surface area contributed by atoms with Gasteiger partial charge in [-0.3, -0.25) is 0 Å². The Balaban J connectivity index is 2.20. The molecule has 2 N–H and O–H groups in total. The number of hydrogen-bond acceptors (Lipinski definition) is 3. The first-order valence-corrected chi connectivity index (χ1v) is 3.24. The van der Waals surface area contributed by atoms with Gasteiger partial charge >= 0.3 is 0 Å². The van der Waals surface area contributed by atoms with Crippen LogP contribution < -0.4 is 5.32 Å². The Labute approximate surface area is 55.0 Å². The lowest BCUT2D eigenvalue weighted by molar-refractivity contribution is 0.114. The number of aliphatic hydroxyl groups excluding tert-OH is 1. The van der Waals surface area contributed by atoms with Gasteiger partial charge in [-0.25, -0.2) is 0 Å². The highest BCUT2D eigenvalue weighted by molar-refractivity contribution is 4.80. The summed E-state index contributed by atoms with van der Waals surface area (Å²) < 4.78 is 5.07. The lowest BCUT2D eigenvalue weighted by Gasteiger charge is -2.04. The van der Waals surface area contributed by atoms with E-state index in [0.29, 0.717) is 6.10 Å². The molecule has 0 aromatic rings. The number of ether oxygens (including phenoxy) is 1. The van der Waals surface area contributed by atoms with Crippen molar-refractivity contribution < 1.29 is 9.84 Å². The summed E-state index contributed by atoms with van der Waals surface area (Å²) in [6, 6.07) is 0.259. The van der Waals surface area contributed by atoms with Crippen molar-refractivity contribution in [3.8, 4) is 0 Å². The van der Waals surface area contributed by atoms with Crippen LogP contribution in [0, 0.1) is 0 Å². The zero-order valence-corrected chi connectivity index (χ0v) is 5.63. The Morgan fingerprint density at radius 2 is 2.56 bits per heavy atom. The summed E-state index contributed by atoms with van der Waals surface area (Å²) in [6.45, 7) is 1.10. The summed E-state index contributed by atoms with van der Waals surface area (Å²) in [4.78, 5) is 0. The molecule has 0 saturated carbocycles. The topological polar surface area (TPSA) is 41.5 Å². The van der Waals surface area contributed by atoms with E-state index in [2.05, 4.69) is 5.32 Å². The van der Waals surface area contributed by atoms with Gasteiger partial charge in [0.05, 0.1) is 12.7 Å². The summed E-state index contributed by atoms with van der Waals surface area (Å²) in [5.41, 5.74) is 0. The fourth-order valence-electron chi connectivity index (χ4n) is 1.10. The molecule has 0 aromatic carbocycles. The Hall–Kier alpha value is -0.120. The second-order valence-electron chi connectivity index (χ2n) is 2.38. The van der Waals surface area contributed by atoms with Gasteiger partial charge in [0.2, 0.25) is 0 Å². The molecule has 0 radical (unpaired) electrons. The number of rotatable bonds is 2. The SMILES string of the molecule is COC1CN[C@H](CO)C1. The van der Waals surface area contributed by atoms with Crippen LogP contribution in [0.1, 0.15) is 6.42 Å². The first-order chi connectivity index (χ1) is 4.36. The molecule has 9 heavy (non-hydrogen) atoms. The second-order valence-corrected chi connectivity index (χ2v) is 2.38. The van der Waals surface area contributed by atoms with Gasteiger partial charge in [-0.1, -0.05) is 0 Å². The molecule has 1 aliphatic heterocycles. The molecule has 0 amide bonds. The average Bonchev–Trinajstić information content (AvgIpc) is 2.34. The van der Waals surface area contributed by atoms with Crippen LogP contribution in [0.25, 0.3) is 0 Å². The summed E-state index contributed by atoms with van der Waals surface area (Å²) in [6.07, 6.45) is 1.25. The summed E-state index contributed by atoms with van der Waals surface area (Å²) >= 11 is 0. The van der Waals surface area contributed by atoms with E-state index in [1.54, 1.807) is 7.11 Å². The first kappa shape index (κ1) is 6.99. The van der Waals surface area contributed by atoms with E-state index in [4.69, 9.17) is 9.84 Å². The van der Waals surface area contributed by atoms with Gasteiger partial charge in [-0.15, -0.1) is 0 Å². The highest BCUT2D eigenvalue weighted by Crippen LogP contribution is 2.07. The smallest absolute Gasteiger partial charge is 0.0711 e. The summed E-state index contributed by atoms with van der Waals surface area (Å²) in [5.74, 6) is 0. The predicted molar refractivity (Wildman–Crippen MR) is 34.3 cm³/mol. The molecule has 0 aliphatic carbocycles. The molecule has 1 rings (SSSR count). The molecule has 1 saturated heterocycles. The predicted octanol–water partition coefficient (Wildman–Crippen LogP) is -0.644. The van der Waals surface area contributed by atoms with Crippen LogP contribution in [-0.2, 0) is 4.74 Å². The van der Waals surface area contributed by atoms with E-state index in [0.717, 1.165) is 13.0 Å². The zero-order valence-electron chi connectivity index (χ0n) is 5.63. The van der Waals surface area contributed by atoms with Crippen molar-refractivity contribution in [3.05, 3.63) is 0 Å². The van der Waals surface area contributed by atoms with E-state index >= 15 is 0 Å². The van der Waals surface area contributed by atoms with E-state index < -0.39 is 0 Å². The molecule has 1 unspecified atom stereocenters. The van der Waals surface area contributed by atoms with E-state index in [1.807, 2.05) is 0 Å². The first-order valence-electron chi connectivity index (χ1n) is 3.24. The molecule has 1 fully saturated rings. The fourth-order valence-corrected chi connectivity index (χ4v) is 1.10. The maximum absolute atomic E-state index is 8.66. The van der Waals surface area contributed by atoms with Crippen molar-refractivity contribution in [3.63, 3.8) is 0 Å². The minimum atomic E-state index is 0.222. The standard InChI is InChI=1S/C6H13NO2/c1-9-6-2-5(4-8)7-3-6/h5-8H,2-4H2,1H3/t5-,6?/m0/s1. The maximum Gasteiger partial charge on any atom is 0.0711 e. The molecule has 54 valence electrons. The van der Waals surface area contributed by atoms with E-state index in [-0.39, 0.29) is 12.6 Å². The van der Waals surface area contributed by atoms with Gasteiger partial charge in [0.1, 0.15) is 0 Å². The minimum Gasteiger partial charge on any atom is -0.395 e. The fraction of sp³-hybridized carbons (Fsp3) is 1.00. The molecule has 3 nitrogen and oxygen atoms in total. The minimum absolute atomic E-state index is 0.222. The normalized spacial score (nSPS) is 35.3. The van der Waals surface area contributed by atoms with Crippen LogP contribution in [0.15, 0.2) is 0 Å². The Bertz CT molecular complexity index is 77.1. The highest BCUT2D eigenvalue weighted by atomic mass is 16.5. The molecule has 0 bridgehead atoms. The monoisotopic (exact) mass is 131 g/mol. The lowest BCUT2D eigenvalue weighted by Crippen LogP contribution is -2.24. The van der Waals surface area contributed by atoms with E-state index in [1.165, 1.54) is 0 Å². The van der Waals surface area contributed by atoms with Crippen molar-refractivity contribution in [2.45, 2.75) is 18.6 Å². The number of aliphatic hydroxyl groups is 1. The molecular formula is C6H13NO2. The summed E-state index contributed by atoms with van der Waals surface area (Å²) in [7, 11) is 1.70. The Morgan fingerprint density at radius 1 is 1.78 bits per heavy atom. The number of methoxy groups -OCH3 is 1. The van der Waals surface area contributed by atoms with Crippen LogP contribution in [0.5, 0.6) is 0 Å². The second kappa shape index (κ2) is 3.15. The van der Waals surface area contributed by atoms with Crippen molar-refractivity contribution in [2.75, 3.05) is 20.3 Å². The zero-order chi connectivity index (χ0) is 6.69. The van der Waals surface area contributed by atoms with Gasteiger partial charge in [0.15, 0.2) is 0 Å². The van der Waals surface area contributed by atoms with Crippen LogP contribution >= 0.6 is 0 Å². The molecule has 3 heteroatoms. The molecule has 2 atom stereocenters. The third-order valence-corrected chi connectivity index (χ3v) is 1.74. The Kier molecular flexibility index (Phi) is 2.45. The quantitative estimate of drug-likeness (QED) is 0.523. The highest BCUT2D eigenvalue weighted by Gasteiger charge is 2.22. The largest absolute Gasteiger partial charge is 0.395 e. The van der Waals surface area contributed by atoms with Gasteiger partial charge in [0.25, 0.3) is 0 Å². The molecular weight excluding hydrogens is 118 g/mol. The van der Waals surface area contributed by atoms with Crippen molar-refractivity contribution in [1.82, 2.24) is 5.32 Å². The van der Waals surface area contributed by atoms with Gasteiger partial charge in [-0.2, -0.15) is 0 Å². The third-order valence-electron chi connectivity index (χ3n) is 1.74. The number of nitrogens with one attached hydrogen (secondary N) is 1. The third kappa shape index (κ3) is 1.64. The number of hydrogen-bond donors (Lipinski definition) is 2. The van der Waals surface area contributed by atoms with Gasteiger partial charge in [-0.05, 0) is 6.42 Å². The molecule has 0 spiro atoms. The van der Waals surface area contributed by atoms with Gasteiger partial charge in [0, 0.05) is 19.7 Å². The summed E-state index contributed by atoms with van der Waals surface area (Å²) in [5, 5.41) is 11.8. The average molecular weight is 131 g/mol. The van der Waals surface area contributed by atoms with Crippen LogP contribution in [0.2, 0.25) is 0 Å². The lowest BCUT2D eigenvalue weighted by atomic mass is 10.2. The van der Waals surface area contributed by atoms with E-state index in [9.17, 15) is 0 Å². The molecule has 0 aromatic heterocycles. The van der Waals surface area contributed by atoms with Crippen LogP contribution in [0.3, 0.4) is 0 Å². The van der Waals surface area contributed by atoms with Crippen molar-refractivity contribution >= 4 is 0 Å².